The molecule has 0 radical (unpaired) electrons. The Labute approximate surface area is 141 Å². The summed E-state index contributed by atoms with van der Waals surface area (Å²) in [4.78, 5) is 12.0. The van der Waals surface area contributed by atoms with Crippen LogP contribution in [-0.4, -0.2) is 35.7 Å². The van der Waals surface area contributed by atoms with Crippen molar-refractivity contribution in [3.63, 3.8) is 0 Å². The maximum absolute atomic E-state index is 13.1. The summed E-state index contributed by atoms with van der Waals surface area (Å²) < 4.78 is 36.0. The molecule has 0 heterocycles. The van der Waals surface area contributed by atoms with E-state index in [4.69, 9.17) is 9.47 Å². The highest BCUT2D eigenvalue weighted by atomic mass is 32.2. The predicted molar refractivity (Wildman–Crippen MR) is 90.5 cm³/mol. The van der Waals surface area contributed by atoms with Crippen LogP contribution in [0.15, 0.2) is 46.2 Å². The Bertz CT molecular complexity index is 857. The number of carbonyl (C=O) groups excluding carboxylic acids is 1. The van der Waals surface area contributed by atoms with Crippen LogP contribution in [-0.2, 0) is 14.6 Å². The van der Waals surface area contributed by atoms with Gasteiger partial charge in [0.1, 0.15) is 5.75 Å². The number of nitrogens with one attached hydrogen (secondary N) is 1. The quantitative estimate of drug-likeness (QED) is 0.836. The second-order valence-electron chi connectivity index (χ2n) is 5.04. The summed E-state index contributed by atoms with van der Waals surface area (Å²) in [6.45, 7) is 1.65. The van der Waals surface area contributed by atoms with E-state index in [1.54, 1.807) is 32.2 Å². The lowest BCUT2D eigenvalue weighted by Crippen LogP contribution is -2.14. The van der Waals surface area contributed by atoms with Crippen molar-refractivity contribution in [1.82, 2.24) is 0 Å². The van der Waals surface area contributed by atoms with E-state index in [2.05, 4.69) is 5.32 Å². The Morgan fingerprint density at radius 2 is 1.67 bits per heavy atom. The second kappa shape index (κ2) is 6.92. The first kappa shape index (κ1) is 17.8. The fourth-order valence-corrected chi connectivity index (χ4v) is 4.14. The van der Waals surface area contributed by atoms with Crippen LogP contribution >= 0.6 is 0 Å². The molecule has 0 spiro atoms. The molecule has 2 aromatic rings. The van der Waals surface area contributed by atoms with Gasteiger partial charge in [0.15, 0.2) is 0 Å². The summed E-state index contributed by atoms with van der Waals surface area (Å²) in [5.74, 6) is -0.157. The highest BCUT2D eigenvalue weighted by Gasteiger charge is 2.28. The average molecular weight is 349 g/mol. The van der Waals surface area contributed by atoms with Crippen LogP contribution in [0.5, 0.6) is 5.75 Å². The van der Waals surface area contributed by atoms with Crippen LogP contribution < -0.4 is 10.1 Å². The topological polar surface area (TPSA) is 81.7 Å². The maximum atomic E-state index is 13.1. The number of methoxy groups -OCH3 is 2. The van der Waals surface area contributed by atoms with E-state index in [1.807, 2.05) is 0 Å². The first-order valence-corrected chi connectivity index (χ1v) is 8.64. The average Bonchev–Trinajstić information content (AvgIpc) is 2.60. The summed E-state index contributed by atoms with van der Waals surface area (Å²) >= 11 is 0. The number of anilines is 1. The van der Waals surface area contributed by atoms with Crippen molar-refractivity contribution >= 4 is 21.5 Å². The summed E-state index contributed by atoms with van der Waals surface area (Å²) in [5, 5.41) is 2.93. The first-order chi connectivity index (χ1) is 11.4. The molecule has 0 saturated carbocycles. The smallest absolute Gasteiger partial charge is 0.339 e. The van der Waals surface area contributed by atoms with Gasteiger partial charge in [0.05, 0.1) is 29.6 Å². The molecule has 0 saturated heterocycles. The van der Waals surface area contributed by atoms with Crippen molar-refractivity contribution in [2.75, 3.05) is 26.6 Å². The molecular formula is C17H19NO5S. The van der Waals surface area contributed by atoms with E-state index in [0.717, 1.165) is 0 Å². The number of carbonyl (C=O) groups is 1. The van der Waals surface area contributed by atoms with Gasteiger partial charge in [-0.1, -0.05) is 0 Å². The summed E-state index contributed by atoms with van der Waals surface area (Å²) in [6.07, 6.45) is 0. The largest absolute Gasteiger partial charge is 0.497 e. The van der Waals surface area contributed by atoms with Gasteiger partial charge in [-0.05, 0) is 48.9 Å². The molecule has 0 atom stereocenters. The van der Waals surface area contributed by atoms with Gasteiger partial charge in [-0.3, -0.25) is 0 Å². The van der Waals surface area contributed by atoms with Gasteiger partial charge in [-0.2, -0.15) is 0 Å². The van der Waals surface area contributed by atoms with E-state index in [0.29, 0.717) is 17.0 Å². The molecule has 0 bridgehead atoms. The van der Waals surface area contributed by atoms with Gasteiger partial charge >= 0.3 is 5.97 Å². The Kier molecular flexibility index (Phi) is 5.14. The van der Waals surface area contributed by atoms with Crippen LogP contribution in [0, 0.1) is 6.92 Å². The van der Waals surface area contributed by atoms with Crippen molar-refractivity contribution in [3.8, 4) is 5.75 Å². The van der Waals surface area contributed by atoms with Gasteiger partial charge in [-0.25, -0.2) is 13.2 Å². The van der Waals surface area contributed by atoms with Crippen LogP contribution in [0.1, 0.15) is 15.9 Å². The fourth-order valence-electron chi connectivity index (χ4n) is 2.45. The predicted octanol–water partition coefficient (Wildman–Crippen LogP) is 2.66. The van der Waals surface area contributed by atoms with Crippen LogP contribution in [0.3, 0.4) is 0 Å². The molecule has 0 fully saturated rings. The Balaban J connectivity index is 2.73. The van der Waals surface area contributed by atoms with Crippen molar-refractivity contribution in [2.45, 2.75) is 16.7 Å². The standard InChI is InChI=1S/C17H19NO5S/c1-11-15(18-2)10-9-14(17(19)23-4)16(11)24(20,21)13-7-5-12(22-3)6-8-13/h5-10,18H,1-4H3. The zero-order chi connectivity index (χ0) is 17.9. The molecule has 0 unspecified atom stereocenters. The third-order valence-electron chi connectivity index (χ3n) is 3.72. The molecule has 0 aliphatic rings. The molecule has 0 aliphatic heterocycles. The Morgan fingerprint density at radius 3 is 2.17 bits per heavy atom. The minimum atomic E-state index is -3.91. The molecule has 2 rings (SSSR count). The van der Waals surface area contributed by atoms with Gasteiger partial charge < -0.3 is 14.8 Å². The highest BCUT2D eigenvalue weighted by molar-refractivity contribution is 7.91. The van der Waals surface area contributed by atoms with Gasteiger partial charge in [0.2, 0.25) is 9.84 Å². The zero-order valence-corrected chi connectivity index (χ0v) is 14.7. The number of ether oxygens (including phenoxy) is 2. The van der Waals surface area contributed by atoms with Crippen molar-refractivity contribution in [2.24, 2.45) is 0 Å². The lowest BCUT2D eigenvalue weighted by atomic mass is 10.1. The molecule has 2 aromatic carbocycles. The van der Waals surface area contributed by atoms with Gasteiger partial charge in [-0.15, -0.1) is 0 Å². The van der Waals surface area contributed by atoms with Crippen LogP contribution in [0.25, 0.3) is 0 Å². The van der Waals surface area contributed by atoms with Crippen molar-refractivity contribution in [1.29, 1.82) is 0 Å². The summed E-state index contributed by atoms with van der Waals surface area (Å²) in [5.41, 5.74) is 1.08. The lowest BCUT2D eigenvalue weighted by molar-refractivity contribution is 0.0596. The number of hydrogen-bond acceptors (Lipinski definition) is 6. The molecule has 128 valence electrons. The van der Waals surface area contributed by atoms with Crippen LogP contribution in [0.4, 0.5) is 5.69 Å². The third-order valence-corrected chi connectivity index (χ3v) is 5.68. The third kappa shape index (κ3) is 3.07. The maximum Gasteiger partial charge on any atom is 0.339 e. The van der Waals surface area contributed by atoms with E-state index < -0.39 is 15.8 Å². The monoisotopic (exact) mass is 349 g/mol. The minimum Gasteiger partial charge on any atom is -0.497 e. The second-order valence-corrected chi connectivity index (χ2v) is 6.92. The minimum absolute atomic E-state index is 0.00446. The molecule has 7 heteroatoms. The lowest BCUT2D eigenvalue weighted by Gasteiger charge is -2.15. The fraction of sp³-hybridized carbons (Fsp3) is 0.235. The Morgan fingerprint density at radius 1 is 1.04 bits per heavy atom. The zero-order valence-electron chi connectivity index (χ0n) is 13.9. The molecule has 24 heavy (non-hydrogen) atoms. The number of sulfone groups is 1. The highest BCUT2D eigenvalue weighted by Crippen LogP contribution is 2.32. The SMILES string of the molecule is CNc1ccc(C(=O)OC)c(S(=O)(=O)c2ccc(OC)cc2)c1C. The summed E-state index contributed by atoms with van der Waals surface area (Å²) in [6, 6.07) is 9.10. The first-order valence-electron chi connectivity index (χ1n) is 7.15. The summed E-state index contributed by atoms with van der Waals surface area (Å²) in [7, 11) is 0.490. The number of hydrogen-bond donors (Lipinski definition) is 1. The molecule has 0 aliphatic carbocycles. The van der Waals surface area contributed by atoms with E-state index in [-0.39, 0.29) is 15.4 Å². The number of benzene rings is 2. The molecule has 0 amide bonds. The van der Waals surface area contributed by atoms with Gasteiger partial charge in [0, 0.05) is 12.7 Å². The van der Waals surface area contributed by atoms with E-state index in [9.17, 15) is 13.2 Å². The van der Waals surface area contributed by atoms with Gasteiger partial charge in [0.25, 0.3) is 0 Å². The van der Waals surface area contributed by atoms with Crippen molar-refractivity contribution < 1.29 is 22.7 Å². The normalized spacial score (nSPS) is 11.0. The number of esters is 1. The molecular weight excluding hydrogens is 330 g/mol. The van der Waals surface area contributed by atoms with Crippen molar-refractivity contribution in [3.05, 3.63) is 47.5 Å². The Hall–Kier alpha value is -2.54. The molecule has 6 nitrogen and oxygen atoms in total. The molecule has 0 aromatic heterocycles. The van der Waals surface area contributed by atoms with E-state index >= 15 is 0 Å². The number of rotatable bonds is 5. The van der Waals surface area contributed by atoms with E-state index in [1.165, 1.54) is 32.4 Å². The van der Waals surface area contributed by atoms with Crippen LogP contribution in [0.2, 0.25) is 0 Å². The molecule has 1 N–H and O–H groups in total.